The first-order chi connectivity index (χ1) is 10.1. The normalized spacial score (nSPS) is 17.3. The average molecular weight is 294 g/mol. The minimum atomic E-state index is -0.653. The van der Waals surface area contributed by atoms with Crippen molar-refractivity contribution in [3.05, 3.63) is 29.6 Å². The number of nitrogens with two attached hydrogens (primary N) is 1. The van der Waals surface area contributed by atoms with Crippen LogP contribution in [0.5, 0.6) is 5.75 Å². The second-order valence-corrected chi connectivity index (χ2v) is 5.60. The number of hydrogen-bond donors (Lipinski definition) is 2. The fourth-order valence-corrected chi connectivity index (χ4v) is 2.63. The first-order valence-corrected chi connectivity index (χ1v) is 7.55. The van der Waals surface area contributed by atoms with E-state index in [-0.39, 0.29) is 18.5 Å². The Kier molecular flexibility index (Phi) is 5.56. The van der Waals surface area contributed by atoms with E-state index in [1.807, 2.05) is 0 Å². The van der Waals surface area contributed by atoms with E-state index in [0.29, 0.717) is 11.3 Å². The maximum Gasteiger partial charge on any atom is 0.260 e. The molecule has 0 heterocycles. The average Bonchev–Trinajstić information content (AvgIpc) is 2.47. The summed E-state index contributed by atoms with van der Waals surface area (Å²) < 4.78 is 18.9. The first kappa shape index (κ1) is 15.8. The second kappa shape index (κ2) is 7.41. The van der Waals surface area contributed by atoms with Crippen LogP contribution in [0.1, 0.15) is 44.6 Å². The highest BCUT2D eigenvalue weighted by Gasteiger charge is 2.20. The van der Waals surface area contributed by atoms with Crippen LogP contribution in [0.4, 0.5) is 4.39 Å². The van der Waals surface area contributed by atoms with Crippen LogP contribution in [0.25, 0.3) is 0 Å². The van der Waals surface area contributed by atoms with Gasteiger partial charge in [0.15, 0.2) is 6.10 Å². The van der Waals surface area contributed by atoms with Gasteiger partial charge in [0.05, 0.1) is 0 Å². The molecule has 5 heteroatoms. The number of ether oxygens (including phenoxy) is 1. The van der Waals surface area contributed by atoms with Crippen molar-refractivity contribution in [1.82, 2.24) is 5.32 Å². The Balaban J connectivity index is 1.92. The van der Waals surface area contributed by atoms with Gasteiger partial charge in [-0.2, -0.15) is 0 Å². The molecule has 0 bridgehead atoms. The quantitative estimate of drug-likeness (QED) is 0.877. The van der Waals surface area contributed by atoms with Gasteiger partial charge in [-0.15, -0.1) is 0 Å². The van der Waals surface area contributed by atoms with Gasteiger partial charge in [0.1, 0.15) is 11.6 Å². The highest BCUT2D eigenvalue weighted by Crippen LogP contribution is 2.19. The van der Waals surface area contributed by atoms with E-state index in [4.69, 9.17) is 10.5 Å². The zero-order valence-corrected chi connectivity index (χ0v) is 12.4. The van der Waals surface area contributed by atoms with Crippen LogP contribution < -0.4 is 15.8 Å². The molecule has 1 aliphatic rings. The SMILES string of the molecule is CC(Oc1cc(F)cc(CN)c1)C(=O)NC1CCCCC1. The number of rotatable bonds is 5. The van der Waals surface area contributed by atoms with Crippen molar-refractivity contribution < 1.29 is 13.9 Å². The van der Waals surface area contributed by atoms with E-state index < -0.39 is 11.9 Å². The molecular formula is C16H23FN2O2. The fraction of sp³-hybridized carbons (Fsp3) is 0.562. The van der Waals surface area contributed by atoms with Crippen LogP contribution in [0, 0.1) is 5.82 Å². The number of benzene rings is 1. The molecule has 0 aromatic heterocycles. The number of halogens is 1. The van der Waals surface area contributed by atoms with Crippen molar-refractivity contribution in [2.75, 3.05) is 0 Å². The van der Waals surface area contributed by atoms with Gasteiger partial charge in [0, 0.05) is 18.7 Å². The third-order valence-corrected chi connectivity index (χ3v) is 3.80. The summed E-state index contributed by atoms with van der Waals surface area (Å²) in [6.45, 7) is 1.90. The summed E-state index contributed by atoms with van der Waals surface area (Å²) in [5, 5.41) is 3.00. The van der Waals surface area contributed by atoms with Crippen LogP contribution >= 0.6 is 0 Å². The molecule has 21 heavy (non-hydrogen) atoms. The zero-order chi connectivity index (χ0) is 15.2. The molecule has 0 aliphatic heterocycles. The molecule has 1 saturated carbocycles. The summed E-state index contributed by atoms with van der Waals surface area (Å²) in [4.78, 5) is 12.1. The molecule has 0 radical (unpaired) electrons. The highest BCUT2D eigenvalue weighted by atomic mass is 19.1. The van der Waals surface area contributed by atoms with E-state index in [2.05, 4.69) is 5.32 Å². The van der Waals surface area contributed by atoms with Crippen molar-refractivity contribution in [2.45, 2.75) is 57.7 Å². The molecule has 1 amide bonds. The van der Waals surface area contributed by atoms with Crippen LogP contribution in [0.3, 0.4) is 0 Å². The Labute approximate surface area is 124 Å². The summed E-state index contributed by atoms with van der Waals surface area (Å²) in [6.07, 6.45) is 4.95. The van der Waals surface area contributed by atoms with Gasteiger partial charge in [0.2, 0.25) is 0 Å². The van der Waals surface area contributed by atoms with E-state index in [9.17, 15) is 9.18 Å². The molecule has 4 nitrogen and oxygen atoms in total. The fourth-order valence-electron chi connectivity index (χ4n) is 2.63. The molecule has 0 saturated heterocycles. The zero-order valence-electron chi connectivity index (χ0n) is 12.4. The molecule has 3 N–H and O–H groups in total. The summed E-state index contributed by atoms with van der Waals surface area (Å²) >= 11 is 0. The van der Waals surface area contributed by atoms with E-state index >= 15 is 0 Å². The lowest BCUT2D eigenvalue weighted by Crippen LogP contribution is -2.43. The van der Waals surface area contributed by atoms with E-state index in [0.717, 1.165) is 25.7 Å². The highest BCUT2D eigenvalue weighted by molar-refractivity contribution is 5.81. The van der Waals surface area contributed by atoms with Crippen molar-refractivity contribution in [3.63, 3.8) is 0 Å². The van der Waals surface area contributed by atoms with Gasteiger partial charge in [0.25, 0.3) is 5.91 Å². The Hall–Kier alpha value is -1.62. The first-order valence-electron chi connectivity index (χ1n) is 7.55. The minimum absolute atomic E-state index is 0.152. The Morgan fingerprint density at radius 1 is 1.38 bits per heavy atom. The molecule has 1 aromatic rings. The van der Waals surface area contributed by atoms with Gasteiger partial charge >= 0.3 is 0 Å². The standard InChI is InChI=1S/C16H23FN2O2/c1-11(16(20)19-14-5-3-2-4-6-14)21-15-8-12(10-18)7-13(17)9-15/h7-9,11,14H,2-6,10,18H2,1H3,(H,19,20). The van der Waals surface area contributed by atoms with E-state index in [1.54, 1.807) is 13.0 Å². The molecular weight excluding hydrogens is 271 g/mol. The summed E-state index contributed by atoms with van der Waals surface area (Å²) in [7, 11) is 0. The Morgan fingerprint density at radius 2 is 2.10 bits per heavy atom. The van der Waals surface area contributed by atoms with Crippen molar-refractivity contribution in [2.24, 2.45) is 5.73 Å². The third kappa shape index (κ3) is 4.70. The monoisotopic (exact) mass is 294 g/mol. The number of carbonyl (C=O) groups is 1. The number of carbonyl (C=O) groups excluding carboxylic acids is 1. The maximum atomic E-state index is 13.4. The molecule has 1 aromatic carbocycles. The lowest BCUT2D eigenvalue weighted by atomic mass is 9.95. The summed E-state index contributed by atoms with van der Waals surface area (Å²) in [5.41, 5.74) is 6.14. The molecule has 1 fully saturated rings. The molecule has 0 spiro atoms. The van der Waals surface area contributed by atoms with Crippen LogP contribution in [0.15, 0.2) is 18.2 Å². The molecule has 1 unspecified atom stereocenters. The molecule has 1 atom stereocenters. The largest absolute Gasteiger partial charge is 0.481 e. The smallest absolute Gasteiger partial charge is 0.260 e. The van der Waals surface area contributed by atoms with Gasteiger partial charge in [-0.05, 0) is 37.5 Å². The third-order valence-electron chi connectivity index (χ3n) is 3.80. The number of hydrogen-bond acceptors (Lipinski definition) is 3. The maximum absolute atomic E-state index is 13.4. The predicted molar refractivity (Wildman–Crippen MR) is 79.4 cm³/mol. The molecule has 2 rings (SSSR count). The van der Waals surface area contributed by atoms with Gasteiger partial charge < -0.3 is 15.8 Å². The van der Waals surface area contributed by atoms with Crippen molar-refractivity contribution >= 4 is 5.91 Å². The second-order valence-electron chi connectivity index (χ2n) is 5.60. The number of amides is 1. The van der Waals surface area contributed by atoms with Crippen LogP contribution in [0.2, 0.25) is 0 Å². The summed E-state index contributed by atoms with van der Waals surface area (Å²) in [6, 6.07) is 4.53. The lowest BCUT2D eigenvalue weighted by Gasteiger charge is -2.24. The minimum Gasteiger partial charge on any atom is -0.481 e. The van der Waals surface area contributed by atoms with Crippen molar-refractivity contribution in [1.29, 1.82) is 0 Å². The van der Waals surface area contributed by atoms with E-state index in [1.165, 1.54) is 18.6 Å². The van der Waals surface area contributed by atoms with Gasteiger partial charge in [-0.1, -0.05) is 19.3 Å². The Morgan fingerprint density at radius 3 is 2.76 bits per heavy atom. The molecule has 116 valence electrons. The topological polar surface area (TPSA) is 64.3 Å². The predicted octanol–water partition coefficient (Wildman–Crippen LogP) is 2.50. The number of nitrogens with one attached hydrogen (secondary N) is 1. The molecule has 1 aliphatic carbocycles. The summed E-state index contributed by atoms with van der Waals surface area (Å²) in [5.74, 6) is -0.227. The van der Waals surface area contributed by atoms with Crippen molar-refractivity contribution in [3.8, 4) is 5.75 Å². The van der Waals surface area contributed by atoms with Crippen LogP contribution in [-0.2, 0) is 11.3 Å². The van der Waals surface area contributed by atoms with Gasteiger partial charge in [-0.25, -0.2) is 4.39 Å². The lowest BCUT2D eigenvalue weighted by molar-refractivity contribution is -0.128. The Bertz CT molecular complexity index is 487. The van der Waals surface area contributed by atoms with Gasteiger partial charge in [-0.3, -0.25) is 4.79 Å². The van der Waals surface area contributed by atoms with Crippen LogP contribution in [-0.4, -0.2) is 18.1 Å².